The molecule has 2 rings (SSSR count). The van der Waals surface area contributed by atoms with Crippen LogP contribution in [-0.2, 0) is 4.79 Å². The van der Waals surface area contributed by atoms with Crippen molar-refractivity contribution in [2.75, 3.05) is 14.2 Å². The van der Waals surface area contributed by atoms with Gasteiger partial charge < -0.3 is 18.8 Å². The van der Waals surface area contributed by atoms with Gasteiger partial charge in [-0.3, -0.25) is 4.79 Å². The molecule has 0 saturated heterocycles. The van der Waals surface area contributed by atoms with Gasteiger partial charge in [0.15, 0.2) is 6.10 Å². The molecule has 0 fully saturated rings. The Morgan fingerprint density at radius 1 is 1.14 bits per heavy atom. The van der Waals surface area contributed by atoms with Gasteiger partial charge in [-0.15, -0.1) is 0 Å². The average Bonchev–Trinajstić information content (AvgIpc) is 3.07. The second-order valence-electron chi connectivity index (χ2n) is 5.08. The average molecular weight is 303 g/mol. The first-order valence-corrected chi connectivity index (χ1v) is 7.13. The van der Waals surface area contributed by atoms with Crippen LogP contribution in [0, 0.1) is 0 Å². The molecule has 0 spiro atoms. The summed E-state index contributed by atoms with van der Waals surface area (Å²) in [4.78, 5) is 14.1. The van der Waals surface area contributed by atoms with Crippen LogP contribution in [0.4, 0.5) is 0 Å². The minimum Gasteiger partial charge on any atom is -0.497 e. The third kappa shape index (κ3) is 3.61. The number of benzene rings is 1. The van der Waals surface area contributed by atoms with Crippen LogP contribution in [0.25, 0.3) is 0 Å². The van der Waals surface area contributed by atoms with Gasteiger partial charge in [0.1, 0.15) is 17.3 Å². The maximum atomic E-state index is 12.4. The van der Waals surface area contributed by atoms with Crippen molar-refractivity contribution >= 4 is 5.91 Å². The number of ether oxygens (including phenoxy) is 2. The topological polar surface area (TPSA) is 51.9 Å². The molecule has 1 amide bonds. The number of hydrogen-bond acceptors (Lipinski definition) is 4. The minimum atomic E-state index is -0.587. The Balaban J connectivity index is 1.98. The van der Waals surface area contributed by atoms with E-state index in [4.69, 9.17) is 13.9 Å². The van der Waals surface area contributed by atoms with E-state index in [1.165, 1.54) is 0 Å². The SMILES string of the molecule is COc1ccc(OC(C)C(=O)N(C)C(C)c2ccco2)cc1. The summed E-state index contributed by atoms with van der Waals surface area (Å²) >= 11 is 0. The number of furan rings is 1. The Morgan fingerprint density at radius 3 is 2.32 bits per heavy atom. The second-order valence-corrected chi connectivity index (χ2v) is 5.08. The highest BCUT2D eigenvalue weighted by Gasteiger charge is 2.25. The largest absolute Gasteiger partial charge is 0.497 e. The fraction of sp³-hybridized carbons (Fsp3) is 0.353. The van der Waals surface area contributed by atoms with Crippen LogP contribution >= 0.6 is 0 Å². The molecule has 0 aliphatic carbocycles. The highest BCUT2D eigenvalue weighted by atomic mass is 16.5. The van der Waals surface area contributed by atoms with E-state index < -0.39 is 6.10 Å². The minimum absolute atomic E-state index is 0.111. The highest BCUT2D eigenvalue weighted by molar-refractivity contribution is 5.81. The molecule has 118 valence electrons. The molecule has 5 nitrogen and oxygen atoms in total. The summed E-state index contributed by atoms with van der Waals surface area (Å²) in [7, 11) is 3.34. The number of amides is 1. The molecule has 5 heteroatoms. The van der Waals surface area contributed by atoms with E-state index in [1.54, 1.807) is 62.6 Å². The van der Waals surface area contributed by atoms with Crippen LogP contribution in [0.15, 0.2) is 47.1 Å². The van der Waals surface area contributed by atoms with Crippen molar-refractivity contribution in [3.63, 3.8) is 0 Å². The molecule has 0 saturated carbocycles. The van der Waals surface area contributed by atoms with E-state index >= 15 is 0 Å². The van der Waals surface area contributed by atoms with Crippen molar-refractivity contribution in [1.29, 1.82) is 0 Å². The molecule has 1 aromatic carbocycles. The van der Waals surface area contributed by atoms with E-state index in [2.05, 4.69) is 0 Å². The van der Waals surface area contributed by atoms with Crippen LogP contribution in [0.5, 0.6) is 11.5 Å². The molecule has 2 atom stereocenters. The zero-order valence-electron chi connectivity index (χ0n) is 13.3. The molecule has 0 bridgehead atoms. The Bertz CT molecular complexity index is 592. The summed E-state index contributed by atoms with van der Waals surface area (Å²) in [6, 6.07) is 10.6. The molecule has 0 N–H and O–H groups in total. The number of nitrogens with zero attached hydrogens (tertiary/aromatic N) is 1. The zero-order chi connectivity index (χ0) is 16.1. The molecule has 22 heavy (non-hydrogen) atoms. The van der Waals surface area contributed by atoms with Gasteiger partial charge in [0.05, 0.1) is 19.4 Å². The van der Waals surface area contributed by atoms with Gasteiger partial charge in [-0.2, -0.15) is 0 Å². The lowest BCUT2D eigenvalue weighted by atomic mass is 10.2. The van der Waals surface area contributed by atoms with Crippen LogP contribution < -0.4 is 9.47 Å². The van der Waals surface area contributed by atoms with Crippen LogP contribution in [0.3, 0.4) is 0 Å². The van der Waals surface area contributed by atoms with Crippen LogP contribution in [-0.4, -0.2) is 31.1 Å². The molecule has 0 aliphatic heterocycles. The molecule has 2 unspecified atom stereocenters. The summed E-state index contributed by atoms with van der Waals surface area (Å²) in [5, 5.41) is 0. The highest BCUT2D eigenvalue weighted by Crippen LogP contribution is 2.22. The number of methoxy groups -OCH3 is 1. The van der Waals surface area contributed by atoms with Crippen molar-refractivity contribution in [2.24, 2.45) is 0 Å². The van der Waals surface area contributed by atoms with Crippen molar-refractivity contribution in [1.82, 2.24) is 4.90 Å². The van der Waals surface area contributed by atoms with Gasteiger partial charge in [0.25, 0.3) is 5.91 Å². The maximum absolute atomic E-state index is 12.4. The predicted octanol–water partition coefficient (Wildman–Crippen LogP) is 3.28. The zero-order valence-corrected chi connectivity index (χ0v) is 13.3. The molecule has 0 radical (unpaired) electrons. The number of carbonyl (C=O) groups is 1. The lowest BCUT2D eigenvalue weighted by Gasteiger charge is -2.26. The summed E-state index contributed by atoms with van der Waals surface area (Å²) < 4.78 is 16.1. The monoisotopic (exact) mass is 303 g/mol. The third-order valence-corrected chi connectivity index (χ3v) is 3.60. The van der Waals surface area contributed by atoms with Gasteiger partial charge in [-0.1, -0.05) is 0 Å². The van der Waals surface area contributed by atoms with Gasteiger partial charge >= 0.3 is 0 Å². The number of hydrogen-bond donors (Lipinski definition) is 0. The summed E-state index contributed by atoms with van der Waals surface area (Å²) in [5.74, 6) is 2.00. The molecular weight excluding hydrogens is 282 g/mol. The molecule has 1 heterocycles. The molecule has 2 aromatic rings. The standard InChI is InChI=1S/C17H21NO4/c1-12(16-6-5-11-21-16)18(3)17(19)13(2)22-15-9-7-14(20-4)8-10-15/h5-13H,1-4H3. The van der Waals surface area contributed by atoms with Crippen molar-refractivity contribution < 1.29 is 18.7 Å². The second kappa shape index (κ2) is 7.02. The normalized spacial score (nSPS) is 13.3. The molecular formula is C17H21NO4. The Kier molecular flexibility index (Phi) is 5.09. The first-order valence-electron chi connectivity index (χ1n) is 7.13. The van der Waals surface area contributed by atoms with Crippen LogP contribution in [0.2, 0.25) is 0 Å². The predicted molar refractivity (Wildman–Crippen MR) is 83.0 cm³/mol. The van der Waals surface area contributed by atoms with Crippen molar-refractivity contribution in [3.8, 4) is 11.5 Å². The van der Waals surface area contributed by atoms with Gasteiger partial charge in [-0.05, 0) is 50.2 Å². The van der Waals surface area contributed by atoms with E-state index in [0.717, 1.165) is 11.5 Å². The Morgan fingerprint density at radius 2 is 1.77 bits per heavy atom. The van der Waals surface area contributed by atoms with E-state index in [0.29, 0.717) is 5.75 Å². The number of likely N-dealkylation sites (N-methyl/N-ethyl adjacent to an activating group) is 1. The summed E-state index contributed by atoms with van der Waals surface area (Å²) in [5.41, 5.74) is 0. The summed E-state index contributed by atoms with van der Waals surface area (Å²) in [6.07, 6.45) is 1.01. The van der Waals surface area contributed by atoms with E-state index in [-0.39, 0.29) is 11.9 Å². The van der Waals surface area contributed by atoms with Crippen LogP contribution in [0.1, 0.15) is 25.6 Å². The van der Waals surface area contributed by atoms with Gasteiger partial charge in [-0.25, -0.2) is 0 Å². The van der Waals surface area contributed by atoms with Gasteiger partial charge in [0.2, 0.25) is 0 Å². The Labute approximate surface area is 130 Å². The molecule has 0 aliphatic rings. The van der Waals surface area contributed by atoms with Gasteiger partial charge in [0, 0.05) is 7.05 Å². The number of carbonyl (C=O) groups excluding carboxylic acids is 1. The first-order chi connectivity index (χ1) is 10.5. The fourth-order valence-corrected chi connectivity index (χ4v) is 2.11. The third-order valence-electron chi connectivity index (χ3n) is 3.60. The first kappa shape index (κ1) is 15.9. The van der Waals surface area contributed by atoms with E-state index in [1.807, 2.05) is 13.0 Å². The quantitative estimate of drug-likeness (QED) is 0.822. The Hall–Kier alpha value is -2.43. The molecule has 1 aromatic heterocycles. The number of rotatable bonds is 6. The van der Waals surface area contributed by atoms with Crippen molar-refractivity contribution in [3.05, 3.63) is 48.4 Å². The fourth-order valence-electron chi connectivity index (χ4n) is 2.11. The van der Waals surface area contributed by atoms with Crippen molar-refractivity contribution in [2.45, 2.75) is 26.0 Å². The smallest absolute Gasteiger partial charge is 0.263 e. The van der Waals surface area contributed by atoms with E-state index in [9.17, 15) is 4.79 Å². The lowest BCUT2D eigenvalue weighted by molar-refractivity contribution is -0.138. The lowest BCUT2D eigenvalue weighted by Crippen LogP contribution is -2.39. The summed E-state index contributed by atoms with van der Waals surface area (Å²) in [6.45, 7) is 3.65. The maximum Gasteiger partial charge on any atom is 0.263 e.